The Hall–Kier alpha value is -2.37. The van der Waals surface area contributed by atoms with Gasteiger partial charge in [0.25, 0.3) is 0 Å². The molecule has 1 aromatic heterocycles. The molecule has 0 aliphatic heterocycles. The fourth-order valence-corrected chi connectivity index (χ4v) is 1.74. The van der Waals surface area contributed by atoms with Crippen molar-refractivity contribution in [3.63, 3.8) is 0 Å². The van der Waals surface area contributed by atoms with E-state index >= 15 is 0 Å². The summed E-state index contributed by atoms with van der Waals surface area (Å²) in [6.45, 7) is 0. The first-order chi connectivity index (χ1) is 9.43. The van der Waals surface area contributed by atoms with Crippen LogP contribution in [0.25, 0.3) is 0 Å². The number of benzene rings is 1. The monoisotopic (exact) mass is 281 g/mol. The van der Waals surface area contributed by atoms with Crippen LogP contribution in [0.4, 0.5) is 13.2 Å². The Morgan fingerprint density at radius 1 is 1.15 bits per heavy atom. The van der Waals surface area contributed by atoms with Gasteiger partial charge in [-0.1, -0.05) is 0 Å². The maximum atomic E-state index is 13.0. The van der Waals surface area contributed by atoms with E-state index < -0.39 is 23.1 Å². The highest BCUT2D eigenvalue weighted by Gasteiger charge is 2.35. The van der Waals surface area contributed by atoms with E-state index in [0.717, 1.165) is 12.1 Å². The molecule has 0 saturated heterocycles. The standard InChI is InChI=1S/C14H10F3NO2/c1-20-10-2-3-11(12(8-10)14(15,16)17)13(19)9-4-6-18-7-5-9/h2-8H,1H3. The van der Waals surface area contributed by atoms with Crippen LogP contribution in [0, 0.1) is 0 Å². The predicted octanol–water partition coefficient (Wildman–Crippen LogP) is 3.34. The molecule has 0 spiro atoms. The second-order valence-electron chi connectivity index (χ2n) is 3.97. The normalized spacial score (nSPS) is 11.2. The lowest BCUT2D eigenvalue weighted by atomic mass is 9.98. The van der Waals surface area contributed by atoms with Gasteiger partial charge < -0.3 is 4.74 Å². The van der Waals surface area contributed by atoms with E-state index in [0.29, 0.717) is 0 Å². The van der Waals surface area contributed by atoms with Crippen LogP contribution in [0.1, 0.15) is 21.5 Å². The summed E-state index contributed by atoms with van der Waals surface area (Å²) in [5.41, 5.74) is -1.28. The number of halogens is 3. The molecular weight excluding hydrogens is 271 g/mol. The van der Waals surface area contributed by atoms with Crippen molar-refractivity contribution in [2.24, 2.45) is 0 Å². The molecule has 20 heavy (non-hydrogen) atoms. The van der Waals surface area contributed by atoms with E-state index in [1.165, 1.54) is 37.7 Å². The SMILES string of the molecule is COc1ccc(C(=O)c2ccncc2)c(C(F)(F)F)c1. The summed E-state index contributed by atoms with van der Waals surface area (Å²) >= 11 is 0. The van der Waals surface area contributed by atoms with Gasteiger partial charge in [0, 0.05) is 23.5 Å². The molecule has 0 bridgehead atoms. The molecule has 0 fully saturated rings. The molecule has 0 aliphatic carbocycles. The van der Waals surface area contributed by atoms with E-state index in [1.54, 1.807) is 0 Å². The average Bonchev–Trinajstić information content (AvgIpc) is 2.46. The Labute approximate surface area is 113 Å². The van der Waals surface area contributed by atoms with E-state index in [4.69, 9.17) is 4.74 Å². The quantitative estimate of drug-likeness (QED) is 0.810. The molecule has 0 amide bonds. The molecule has 1 aromatic carbocycles. The van der Waals surface area contributed by atoms with Crippen molar-refractivity contribution in [3.8, 4) is 5.75 Å². The second-order valence-corrected chi connectivity index (χ2v) is 3.97. The van der Waals surface area contributed by atoms with Crippen molar-refractivity contribution in [1.29, 1.82) is 0 Å². The number of nitrogens with zero attached hydrogens (tertiary/aromatic N) is 1. The van der Waals surface area contributed by atoms with Crippen molar-refractivity contribution in [2.45, 2.75) is 6.18 Å². The van der Waals surface area contributed by atoms with Gasteiger partial charge >= 0.3 is 6.18 Å². The first-order valence-electron chi connectivity index (χ1n) is 5.63. The first kappa shape index (κ1) is 14.0. The summed E-state index contributed by atoms with van der Waals surface area (Å²) in [6, 6.07) is 5.99. The fourth-order valence-electron chi connectivity index (χ4n) is 1.74. The van der Waals surface area contributed by atoms with Gasteiger partial charge in [-0.05, 0) is 30.3 Å². The molecule has 0 unspecified atom stereocenters. The number of ether oxygens (including phenoxy) is 1. The lowest BCUT2D eigenvalue weighted by molar-refractivity contribution is -0.138. The predicted molar refractivity (Wildman–Crippen MR) is 65.7 cm³/mol. The Bertz CT molecular complexity index is 624. The van der Waals surface area contributed by atoms with Gasteiger partial charge in [-0.2, -0.15) is 13.2 Å². The lowest BCUT2D eigenvalue weighted by Crippen LogP contribution is -2.14. The van der Waals surface area contributed by atoms with Crippen molar-refractivity contribution >= 4 is 5.78 Å². The summed E-state index contributed by atoms with van der Waals surface area (Å²) in [5, 5.41) is 0. The van der Waals surface area contributed by atoms with Gasteiger partial charge in [-0.25, -0.2) is 0 Å². The maximum Gasteiger partial charge on any atom is 0.417 e. The minimum absolute atomic E-state index is 0.0450. The zero-order valence-corrected chi connectivity index (χ0v) is 10.4. The van der Waals surface area contributed by atoms with Gasteiger partial charge in [0.15, 0.2) is 5.78 Å². The number of pyridine rings is 1. The number of alkyl halides is 3. The molecule has 0 atom stereocenters. The second kappa shape index (κ2) is 5.32. The number of rotatable bonds is 3. The molecule has 3 nitrogen and oxygen atoms in total. The van der Waals surface area contributed by atoms with E-state index in [-0.39, 0.29) is 11.3 Å². The third-order valence-corrected chi connectivity index (χ3v) is 2.72. The topological polar surface area (TPSA) is 39.2 Å². The van der Waals surface area contributed by atoms with Gasteiger partial charge in [0.05, 0.1) is 12.7 Å². The summed E-state index contributed by atoms with van der Waals surface area (Å²) in [5.74, 6) is -0.661. The third kappa shape index (κ3) is 2.79. The van der Waals surface area contributed by atoms with Crippen LogP contribution < -0.4 is 4.74 Å². The number of methoxy groups -OCH3 is 1. The number of hydrogen-bond acceptors (Lipinski definition) is 3. The number of carbonyl (C=O) groups is 1. The molecule has 2 aromatic rings. The minimum Gasteiger partial charge on any atom is -0.497 e. The first-order valence-corrected chi connectivity index (χ1v) is 5.63. The molecular formula is C14H10F3NO2. The van der Waals surface area contributed by atoms with E-state index in [2.05, 4.69) is 4.98 Å². The summed E-state index contributed by atoms with van der Waals surface area (Å²) in [7, 11) is 1.26. The van der Waals surface area contributed by atoms with Gasteiger partial charge in [0.2, 0.25) is 0 Å². The van der Waals surface area contributed by atoms with E-state index in [9.17, 15) is 18.0 Å². The van der Waals surface area contributed by atoms with Crippen LogP contribution in [0.5, 0.6) is 5.75 Å². The fraction of sp³-hybridized carbons (Fsp3) is 0.143. The smallest absolute Gasteiger partial charge is 0.417 e. The summed E-state index contributed by atoms with van der Waals surface area (Å²) < 4.78 is 43.8. The molecule has 2 rings (SSSR count). The molecule has 0 radical (unpaired) electrons. The van der Waals surface area contributed by atoms with Crippen molar-refractivity contribution < 1.29 is 22.7 Å². The third-order valence-electron chi connectivity index (χ3n) is 2.72. The highest BCUT2D eigenvalue weighted by molar-refractivity contribution is 6.10. The largest absolute Gasteiger partial charge is 0.497 e. The van der Waals surface area contributed by atoms with Crippen LogP contribution in [0.15, 0.2) is 42.7 Å². The van der Waals surface area contributed by atoms with Crippen molar-refractivity contribution in [3.05, 3.63) is 59.4 Å². The van der Waals surface area contributed by atoms with Gasteiger partial charge in [-0.3, -0.25) is 9.78 Å². The Balaban J connectivity index is 2.54. The Kier molecular flexibility index (Phi) is 3.74. The average molecular weight is 281 g/mol. The number of ketones is 1. The molecule has 6 heteroatoms. The van der Waals surface area contributed by atoms with Crippen LogP contribution in [0.3, 0.4) is 0 Å². The summed E-state index contributed by atoms with van der Waals surface area (Å²) in [6.07, 6.45) is -1.93. The van der Waals surface area contributed by atoms with Gasteiger partial charge in [0.1, 0.15) is 5.75 Å². The lowest BCUT2D eigenvalue weighted by Gasteiger charge is -2.13. The molecule has 104 valence electrons. The molecule has 0 N–H and O–H groups in total. The van der Waals surface area contributed by atoms with Crippen molar-refractivity contribution in [2.75, 3.05) is 7.11 Å². The van der Waals surface area contributed by atoms with Crippen LogP contribution in [-0.2, 0) is 6.18 Å². The molecule has 1 heterocycles. The maximum absolute atomic E-state index is 13.0. The highest BCUT2D eigenvalue weighted by Crippen LogP contribution is 2.35. The van der Waals surface area contributed by atoms with Crippen molar-refractivity contribution in [1.82, 2.24) is 4.98 Å². The number of aromatic nitrogens is 1. The Morgan fingerprint density at radius 3 is 2.35 bits per heavy atom. The molecule has 0 aliphatic rings. The Morgan fingerprint density at radius 2 is 1.80 bits per heavy atom. The van der Waals surface area contributed by atoms with E-state index in [1.807, 2.05) is 0 Å². The zero-order valence-electron chi connectivity index (χ0n) is 10.4. The highest BCUT2D eigenvalue weighted by atomic mass is 19.4. The molecule has 0 saturated carbocycles. The number of carbonyl (C=O) groups excluding carboxylic acids is 1. The minimum atomic E-state index is -4.63. The van der Waals surface area contributed by atoms with Crippen LogP contribution in [-0.4, -0.2) is 17.9 Å². The van der Waals surface area contributed by atoms with Crippen LogP contribution >= 0.6 is 0 Å². The van der Waals surface area contributed by atoms with Gasteiger partial charge in [-0.15, -0.1) is 0 Å². The summed E-state index contributed by atoms with van der Waals surface area (Å²) in [4.78, 5) is 15.9. The van der Waals surface area contributed by atoms with Crippen LogP contribution in [0.2, 0.25) is 0 Å². The number of hydrogen-bond donors (Lipinski definition) is 0. The zero-order chi connectivity index (χ0) is 14.8.